The molecule has 1 saturated heterocycles. The molecule has 0 spiro atoms. The monoisotopic (exact) mass is 400 g/mol. The normalized spacial score (nSPS) is 18.9. The highest BCUT2D eigenvalue weighted by Crippen LogP contribution is 2.40. The van der Waals surface area contributed by atoms with Crippen molar-refractivity contribution in [3.05, 3.63) is 51.5 Å². The maximum Gasteiger partial charge on any atom is 0.274 e. The van der Waals surface area contributed by atoms with E-state index in [4.69, 9.17) is 13.9 Å². The van der Waals surface area contributed by atoms with Crippen LogP contribution in [0.25, 0.3) is 0 Å². The van der Waals surface area contributed by atoms with Crippen molar-refractivity contribution in [1.82, 2.24) is 4.90 Å². The first-order valence-electron chi connectivity index (χ1n) is 10.1. The lowest BCUT2D eigenvalue weighted by atomic mass is 10.0. The van der Waals surface area contributed by atoms with E-state index in [0.717, 1.165) is 43.6 Å². The first kappa shape index (κ1) is 19.3. The maximum atomic E-state index is 13.6. The second-order valence-electron chi connectivity index (χ2n) is 7.30. The molecule has 8 nitrogen and oxygen atoms in total. The molecule has 1 unspecified atom stereocenters. The number of fused-ring (bicyclic) bond motifs is 1. The van der Waals surface area contributed by atoms with Gasteiger partial charge in [0.15, 0.2) is 11.5 Å². The molecule has 0 saturated carbocycles. The minimum Gasteiger partial charge on any atom is -0.486 e. The van der Waals surface area contributed by atoms with Crippen LogP contribution in [0.1, 0.15) is 60.5 Å². The highest BCUT2D eigenvalue weighted by atomic mass is 16.6. The number of non-ortho nitro benzene ring substituents is 1. The van der Waals surface area contributed by atoms with Gasteiger partial charge in [0, 0.05) is 19.0 Å². The van der Waals surface area contributed by atoms with E-state index < -0.39 is 4.92 Å². The Hall–Kier alpha value is -3.03. The number of nitro groups is 1. The van der Waals surface area contributed by atoms with E-state index in [2.05, 4.69) is 0 Å². The summed E-state index contributed by atoms with van der Waals surface area (Å²) in [5.74, 6) is 1.86. The largest absolute Gasteiger partial charge is 0.486 e. The summed E-state index contributed by atoms with van der Waals surface area (Å²) in [7, 11) is 0. The van der Waals surface area contributed by atoms with Crippen LogP contribution in [0.3, 0.4) is 0 Å². The molecule has 8 heteroatoms. The van der Waals surface area contributed by atoms with Gasteiger partial charge in [0.1, 0.15) is 24.7 Å². The van der Waals surface area contributed by atoms with Crippen LogP contribution in [0.4, 0.5) is 5.69 Å². The zero-order chi connectivity index (χ0) is 20.4. The summed E-state index contributed by atoms with van der Waals surface area (Å²) in [6.45, 7) is 3.17. The Morgan fingerprint density at radius 2 is 2.03 bits per heavy atom. The molecule has 2 aliphatic rings. The third kappa shape index (κ3) is 3.79. The Bertz CT molecular complexity index is 922. The van der Waals surface area contributed by atoms with E-state index in [1.54, 1.807) is 4.90 Å². The molecule has 1 aromatic carbocycles. The highest BCUT2D eigenvalue weighted by Gasteiger charge is 2.34. The minimum atomic E-state index is -0.519. The van der Waals surface area contributed by atoms with Crippen LogP contribution in [-0.2, 0) is 6.42 Å². The molecule has 0 radical (unpaired) electrons. The lowest BCUT2D eigenvalue weighted by Crippen LogP contribution is -2.35. The van der Waals surface area contributed by atoms with E-state index in [1.165, 1.54) is 12.1 Å². The Labute approximate surface area is 168 Å². The zero-order valence-electron chi connectivity index (χ0n) is 16.4. The van der Waals surface area contributed by atoms with Crippen molar-refractivity contribution < 1.29 is 23.6 Å². The molecule has 1 fully saturated rings. The van der Waals surface area contributed by atoms with Gasteiger partial charge in [-0.1, -0.05) is 19.8 Å². The molecule has 2 aromatic rings. The summed E-state index contributed by atoms with van der Waals surface area (Å²) in [6, 6.07) is 6.26. The summed E-state index contributed by atoms with van der Waals surface area (Å²) >= 11 is 0. The number of carbonyl (C=O) groups is 1. The minimum absolute atomic E-state index is 0.170. The molecule has 0 aliphatic carbocycles. The second kappa shape index (κ2) is 8.14. The molecular formula is C21H24N2O6. The van der Waals surface area contributed by atoms with Gasteiger partial charge in [0.05, 0.1) is 22.6 Å². The van der Waals surface area contributed by atoms with Gasteiger partial charge in [0.2, 0.25) is 0 Å². The van der Waals surface area contributed by atoms with Gasteiger partial charge >= 0.3 is 0 Å². The number of rotatable bonds is 4. The Kier molecular flexibility index (Phi) is 5.42. The topological polar surface area (TPSA) is 95.1 Å². The predicted molar refractivity (Wildman–Crippen MR) is 104 cm³/mol. The number of hydrogen-bond donors (Lipinski definition) is 0. The smallest absolute Gasteiger partial charge is 0.274 e. The number of likely N-dealkylation sites (tertiary alicyclic amines) is 1. The van der Waals surface area contributed by atoms with Crippen molar-refractivity contribution in [2.45, 2.75) is 45.1 Å². The van der Waals surface area contributed by atoms with Crippen LogP contribution in [0.2, 0.25) is 0 Å². The average Bonchev–Trinajstić information content (AvgIpc) is 3.09. The zero-order valence-corrected chi connectivity index (χ0v) is 16.4. The molecular weight excluding hydrogens is 376 g/mol. The van der Waals surface area contributed by atoms with Crippen molar-refractivity contribution in [2.75, 3.05) is 19.8 Å². The Balaban J connectivity index is 1.74. The van der Waals surface area contributed by atoms with Gasteiger partial charge in [-0.15, -0.1) is 0 Å². The highest BCUT2D eigenvalue weighted by molar-refractivity contribution is 5.99. The molecule has 0 bridgehead atoms. The number of nitrogens with zero attached hydrogens (tertiary/aromatic N) is 2. The first-order valence-corrected chi connectivity index (χ1v) is 10.1. The van der Waals surface area contributed by atoms with E-state index in [1.807, 2.05) is 19.1 Å². The molecule has 154 valence electrons. The number of hydrogen-bond acceptors (Lipinski definition) is 6. The van der Waals surface area contributed by atoms with Crippen molar-refractivity contribution >= 4 is 11.6 Å². The van der Waals surface area contributed by atoms with Crippen molar-refractivity contribution in [3.8, 4) is 11.5 Å². The fraction of sp³-hybridized carbons (Fsp3) is 0.476. The Morgan fingerprint density at radius 3 is 2.79 bits per heavy atom. The van der Waals surface area contributed by atoms with Crippen LogP contribution in [-0.4, -0.2) is 35.5 Å². The molecule has 1 amide bonds. The number of benzene rings is 1. The van der Waals surface area contributed by atoms with Gasteiger partial charge in [-0.05, 0) is 25.0 Å². The number of nitro benzene ring substituents is 1. The summed E-state index contributed by atoms with van der Waals surface area (Å²) < 4.78 is 17.2. The summed E-state index contributed by atoms with van der Waals surface area (Å²) in [4.78, 5) is 26.2. The summed E-state index contributed by atoms with van der Waals surface area (Å²) in [6.07, 6.45) is 4.46. The SMILES string of the molecule is CCc1ccc(C2CCCCCN2C(=O)c2cc([N+](=O)[O-])cc3c2OCCO3)o1. The van der Waals surface area contributed by atoms with Crippen LogP contribution >= 0.6 is 0 Å². The lowest BCUT2D eigenvalue weighted by Gasteiger charge is -2.30. The lowest BCUT2D eigenvalue weighted by molar-refractivity contribution is -0.385. The van der Waals surface area contributed by atoms with E-state index in [9.17, 15) is 14.9 Å². The van der Waals surface area contributed by atoms with Crippen molar-refractivity contribution in [2.24, 2.45) is 0 Å². The predicted octanol–water partition coefficient (Wildman–Crippen LogP) is 4.28. The summed E-state index contributed by atoms with van der Waals surface area (Å²) in [5, 5.41) is 11.4. The van der Waals surface area contributed by atoms with Crippen molar-refractivity contribution in [3.63, 3.8) is 0 Å². The number of carbonyl (C=O) groups excluding carboxylic acids is 1. The quantitative estimate of drug-likeness (QED) is 0.562. The first-order chi connectivity index (χ1) is 14.1. The van der Waals surface area contributed by atoms with Crippen LogP contribution < -0.4 is 9.47 Å². The molecule has 1 atom stereocenters. The second-order valence-corrected chi connectivity index (χ2v) is 7.30. The fourth-order valence-corrected chi connectivity index (χ4v) is 3.97. The standard InChI is InChI=1S/C21H24N2O6/c1-2-15-7-8-18(29-15)17-6-4-3-5-9-22(17)21(24)16-12-14(23(25)26)13-19-20(16)28-11-10-27-19/h7-8,12-13,17H,2-6,9-11H2,1H3. The van der Waals surface area contributed by atoms with Crippen LogP contribution in [0.15, 0.2) is 28.7 Å². The van der Waals surface area contributed by atoms with E-state index in [0.29, 0.717) is 19.8 Å². The summed E-state index contributed by atoms with van der Waals surface area (Å²) in [5.41, 5.74) is -0.0155. The number of amides is 1. The van der Waals surface area contributed by atoms with Crippen LogP contribution in [0, 0.1) is 10.1 Å². The number of aryl methyl sites for hydroxylation is 1. The van der Waals surface area contributed by atoms with Gasteiger partial charge < -0.3 is 18.8 Å². The molecule has 2 aliphatic heterocycles. The molecule has 1 aromatic heterocycles. The van der Waals surface area contributed by atoms with Crippen LogP contribution in [0.5, 0.6) is 11.5 Å². The fourth-order valence-electron chi connectivity index (χ4n) is 3.97. The van der Waals surface area contributed by atoms with Gasteiger partial charge in [0.25, 0.3) is 11.6 Å². The third-order valence-corrected chi connectivity index (χ3v) is 5.44. The van der Waals surface area contributed by atoms with E-state index >= 15 is 0 Å². The molecule has 29 heavy (non-hydrogen) atoms. The van der Waals surface area contributed by atoms with Gasteiger partial charge in [-0.2, -0.15) is 0 Å². The average molecular weight is 400 g/mol. The maximum absolute atomic E-state index is 13.6. The molecule has 0 N–H and O–H groups in total. The van der Waals surface area contributed by atoms with Crippen molar-refractivity contribution in [1.29, 1.82) is 0 Å². The number of furan rings is 1. The van der Waals surface area contributed by atoms with Gasteiger partial charge in [-0.3, -0.25) is 14.9 Å². The molecule has 4 rings (SSSR count). The molecule has 3 heterocycles. The number of ether oxygens (including phenoxy) is 2. The Morgan fingerprint density at radius 1 is 1.21 bits per heavy atom. The van der Waals surface area contributed by atoms with Gasteiger partial charge in [-0.25, -0.2) is 0 Å². The third-order valence-electron chi connectivity index (χ3n) is 5.44. The van der Waals surface area contributed by atoms with E-state index in [-0.39, 0.29) is 34.7 Å².